The molecule has 0 aliphatic heterocycles. The van der Waals surface area contributed by atoms with Crippen LogP contribution in [-0.2, 0) is 0 Å². The Morgan fingerprint density at radius 3 is 2.48 bits per heavy atom. The van der Waals surface area contributed by atoms with Crippen LogP contribution in [-0.4, -0.2) is 9.49 Å². The molecule has 0 N–H and O–H groups in total. The molecule has 4 nitrogen and oxygen atoms in total. The average Bonchev–Trinajstić information content (AvgIpc) is 3.05. The number of fused-ring (bicyclic) bond motifs is 1. The van der Waals surface area contributed by atoms with Gasteiger partial charge in [-0.3, -0.25) is 10.1 Å². The Balaban J connectivity index is 1.94. The predicted octanol–water partition coefficient (Wildman–Crippen LogP) is 5.97. The van der Waals surface area contributed by atoms with Crippen LogP contribution in [0, 0.1) is 10.1 Å². The van der Waals surface area contributed by atoms with E-state index in [-0.39, 0.29) is 10.6 Å². The largest absolute Gasteiger partial charge is 0.315 e. The van der Waals surface area contributed by atoms with E-state index in [1.165, 1.54) is 6.07 Å². The van der Waals surface area contributed by atoms with E-state index in [0.717, 1.165) is 26.6 Å². The summed E-state index contributed by atoms with van der Waals surface area (Å²) in [6.45, 7) is 0. The number of aromatic nitrogens is 1. The van der Waals surface area contributed by atoms with Crippen LogP contribution in [0.1, 0.15) is 0 Å². The van der Waals surface area contributed by atoms with Crippen LogP contribution in [0.4, 0.5) is 5.69 Å². The molecule has 0 fully saturated rings. The van der Waals surface area contributed by atoms with E-state index >= 15 is 0 Å². The van der Waals surface area contributed by atoms with Crippen LogP contribution in [0.15, 0.2) is 83.5 Å². The van der Waals surface area contributed by atoms with Crippen molar-refractivity contribution in [3.8, 4) is 16.8 Å². The lowest BCUT2D eigenvalue weighted by Crippen LogP contribution is -1.94. The van der Waals surface area contributed by atoms with Gasteiger partial charge in [-0.15, -0.1) is 0 Å². The number of hydrogen-bond donors (Lipinski definition) is 0. The molecule has 0 aliphatic carbocycles. The summed E-state index contributed by atoms with van der Waals surface area (Å²) < 4.78 is 3.07. The molecule has 0 unspecified atom stereocenters. The summed E-state index contributed by atoms with van der Waals surface area (Å²) in [5, 5.41) is 12.4. The average molecular weight is 393 g/mol. The van der Waals surface area contributed by atoms with Gasteiger partial charge >= 0.3 is 0 Å². The first-order valence-corrected chi connectivity index (χ1v) is 8.54. The Hall–Kier alpha value is -2.92. The fraction of sp³-hybridized carbons (Fsp3) is 0. The van der Waals surface area contributed by atoms with Gasteiger partial charge in [0.15, 0.2) is 0 Å². The smallest absolute Gasteiger partial charge is 0.277 e. The Labute approximate surface area is 152 Å². The van der Waals surface area contributed by atoms with Crippen LogP contribution in [0.5, 0.6) is 0 Å². The molecule has 4 rings (SSSR count). The van der Waals surface area contributed by atoms with E-state index < -0.39 is 0 Å². The van der Waals surface area contributed by atoms with Gasteiger partial charge in [-0.25, -0.2) is 0 Å². The molecule has 25 heavy (non-hydrogen) atoms. The highest BCUT2D eigenvalue weighted by molar-refractivity contribution is 9.10. The molecule has 0 atom stereocenters. The molecule has 0 radical (unpaired) electrons. The minimum atomic E-state index is -0.341. The molecule has 4 aromatic rings. The minimum Gasteiger partial charge on any atom is -0.315 e. The van der Waals surface area contributed by atoms with E-state index in [0.29, 0.717) is 5.56 Å². The molecule has 0 aliphatic rings. The van der Waals surface area contributed by atoms with Crippen molar-refractivity contribution in [1.29, 1.82) is 0 Å². The van der Waals surface area contributed by atoms with Crippen molar-refractivity contribution in [2.24, 2.45) is 0 Å². The summed E-state index contributed by atoms with van der Waals surface area (Å²) in [5.41, 5.74) is 3.58. The van der Waals surface area contributed by atoms with Crippen LogP contribution >= 0.6 is 15.9 Å². The topological polar surface area (TPSA) is 48.1 Å². The standard InChI is InChI=1S/C20H13BrN2O2/c21-17-6-2-4-8-19(17)22-12-11-14-9-10-15(13-20(14)22)16-5-1-3-7-18(16)23(24)25/h1-13H. The van der Waals surface area contributed by atoms with Gasteiger partial charge in [0.05, 0.1) is 21.7 Å². The van der Waals surface area contributed by atoms with Gasteiger partial charge in [0.25, 0.3) is 5.69 Å². The second-order valence-electron chi connectivity index (χ2n) is 5.69. The van der Waals surface area contributed by atoms with E-state index in [9.17, 15) is 10.1 Å². The van der Waals surface area contributed by atoms with Crippen molar-refractivity contribution in [2.45, 2.75) is 0 Å². The van der Waals surface area contributed by atoms with Crippen molar-refractivity contribution >= 4 is 32.5 Å². The monoisotopic (exact) mass is 392 g/mol. The van der Waals surface area contributed by atoms with E-state index in [1.54, 1.807) is 12.1 Å². The highest BCUT2D eigenvalue weighted by Crippen LogP contribution is 2.33. The number of nitrogens with zero attached hydrogens (tertiary/aromatic N) is 2. The molecule has 0 bridgehead atoms. The SMILES string of the molecule is O=[N+]([O-])c1ccccc1-c1ccc2ccn(-c3ccccc3Br)c2c1. The quantitative estimate of drug-likeness (QED) is 0.318. The molecule has 0 saturated heterocycles. The van der Waals surface area contributed by atoms with Crippen LogP contribution in [0.2, 0.25) is 0 Å². The summed E-state index contributed by atoms with van der Waals surface area (Å²) in [5.74, 6) is 0. The summed E-state index contributed by atoms with van der Waals surface area (Å²) in [6.07, 6.45) is 2.01. The number of nitro benzene ring substituents is 1. The summed E-state index contributed by atoms with van der Waals surface area (Å²) in [6, 6.07) is 22.8. The van der Waals surface area contributed by atoms with Crippen molar-refractivity contribution in [1.82, 2.24) is 4.57 Å². The lowest BCUT2D eigenvalue weighted by atomic mass is 10.0. The maximum atomic E-state index is 11.3. The fourth-order valence-corrected chi connectivity index (χ4v) is 3.51. The van der Waals surface area contributed by atoms with Gasteiger partial charge in [-0.05, 0) is 57.2 Å². The predicted molar refractivity (Wildman–Crippen MR) is 103 cm³/mol. The first kappa shape index (κ1) is 15.6. The van der Waals surface area contributed by atoms with Crippen molar-refractivity contribution in [3.63, 3.8) is 0 Å². The zero-order valence-corrected chi connectivity index (χ0v) is 14.7. The Bertz CT molecular complexity index is 1100. The van der Waals surface area contributed by atoms with Crippen LogP contribution < -0.4 is 0 Å². The highest BCUT2D eigenvalue weighted by Gasteiger charge is 2.15. The fourth-order valence-electron chi connectivity index (χ4n) is 3.03. The highest BCUT2D eigenvalue weighted by atomic mass is 79.9. The summed E-state index contributed by atoms with van der Waals surface area (Å²) in [4.78, 5) is 11.0. The van der Waals surface area contributed by atoms with Crippen molar-refractivity contribution in [3.05, 3.63) is 93.6 Å². The first-order valence-electron chi connectivity index (χ1n) is 7.75. The van der Waals surface area contributed by atoms with Gasteiger partial charge in [-0.2, -0.15) is 0 Å². The third-order valence-corrected chi connectivity index (χ3v) is 4.89. The molecule has 0 amide bonds. The Morgan fingerprint density at radius 2 is 1.68 bits per heavy atom. The molecular formula is C20H13BrN2O2. The van der Waals surface area contributed by atoms with Gasteiger partial charge in [0.2, 0.25) is 0 Å². The van der Waals surface area contributed by atoms with Crippen molar-refractivity contribution < 1.29 is 4.92 Å². The number of halogens is 1. The zero-order valence-electron chi connectivity index (χ0n) is 13.1. The first-order chi connectivity index (χ1) is 12.1. The molecule has 1 aromatic heterocycles. The van der Waals surface area contributed by atoms with Gasteiger partial charge < -0.3 is 4.57 Å². The molecule has 122 valence electrons. The van der Waals surface area contributed by atoms with Crippen LogP contribution in [0.25, 0.3) is 27.7 Å². The van der Waals surface area contributed by atoms with Gasteiger partial charge in [-0.1, -0.05) is 36.4 Å². The van der Waals surface area contributed by atoms with Crippen LogP contribution in [0.3, 0.4) is 0 Å². The summed E-state index contributed by atoms with van der Waals surface area (Å²) in [7, 11) is 0. The lowest BCUT2D eigenvalue weighted by molar-refractivity contribution is -0.384. The summed E-state index contributed by atoms with van der Waals surface area (Å²) >= 11 is 3.59. The van der Waals surface area contributed by atoms with E-state index in [1.807, 2.05) is 60.8 Å². The maximum Gasteiger partial charge on any atom is 0.277 e. The number of rotatable bonds is 3. The Morgan fingerprint density at radius 1 is 0.920 bits per heavy atom. The van der Waals surface area contributed by atoms with Gasteiger partial charge in [0, 0.05) is 16.7 Å². The van der Waals surface area contributed by atoms with E-state index in [4.69, 9.17) is 0 Å². The number of hydrogen-bond acceptors (Lipinski definition) is 2. The molecule has 0 saturated carbocycles. The molecular weight excluding hydrogens is 380 g/mol. The third kappa shape index (κ3) is 2.72. The number of para-hydroxylation sites is 2. The lowest BCUT2D eigenvalue weighted by Gasteiger charge is -2.09. The second kappa shape index (κ2) is 6.18. The molecule has 5 heteroatoms. The van der Waals surface area contributed by atoms with E-state index in [2.05, 4.69) is 20.5 Å². The normalized spacial score (nSPS) is 10.9. The maximum absolute atomic E-state index is 11.3. The minimum absolute atomic E-state index is 0.112. The third-order valence-electron chi connectivity index (χ3n) is 4.22. The number of benzene rings is 3. The Kier molecular flexibility index (Phi) is 3.86. The molecule has 3 aromatic carbocycles. The molecule has 1 heterocycles. The van der Waals surface area contributed by atoms with Crippen molar-refractivity contribution in [2.75, 3.05) is 0 Å². The zero-order chi connectivity index (χ0) is 17.4. The number of nitro groups is 1. The molecule has 0 spiro atoms. The second-order valence-corrected chi connectivity index (χ2v) is 6.54. The van der Waals surface area contributed by atoms with Gasteiger partial charge in [0.1, 0.15) is 0 Å².